The number of halogens is 1. The van der Waals surface area contributed by atoms with Crippen LogP contribution in [0.2, 0.25) is 0 Å². The third kappa shape index (κ3) is 3.36. The summed E-state index contributed by atoms with van der Waals surface area (Å²) in [5, 5.41) is 4.92. The number of nitrogens with zero attached hydrogens (tertiary/aromatic N) is 2. The maximum atomic E-state index is 14.2. The zero-order valence-electron chi connectivity index (χ0n) is 18.3. The predicted molar refractivity (Wildman–Crippen MR) is 127 cm³/mol. The van der Waals surface area contributed by atoms with Crippen LogP contribution in [0.3, 0.4) is 0 Å². The highest BCUT2D eigenvalue weighted by molar-refractivity contribution is 6.00. The van der Waals surface area contributed by atoms with Crippen LogP contribution in [-0.4, -0.2) is 21.6 Å². The second-order valence-electron chi connectivity index (χ2n) is 8.60. The number of carbonyl (C=O) groups excluding carboxylic acids is 1. The van der Waals surface area contributed by atoms with E-state index < -0.39 is 17.5 Å². The van der Waals surface area contributed by atoms with Crippen molar-refractivity contribution in [3.05, 3.63) is 88.6 Å². The number of pyridine rings is 2. The molecule has 2 unspecified atom stereocenters. The summed E-state index contributed by atoms with van der Waals surface area (Å²) in [4.78, 5) is 29.4. The van der Waals surface area contributed by atoms with E-state index in [2.05, 4.69) is 10.3 Å². The quantitative estimate of drug-likeness (QED) is 0.487. The van der Waals surface area contributed by atoms with Crippen LogP contribution in [0.15, 0.2) is 71.8 Å². The molecule has 7 heteroatoms. The molecule has 6 nitrogen and oxygen atoms in total. The van der Waals surface area contributed by atoms with Gasteiger partial charge in [-0.05, 0) is 59.8 Å². The molecule has 1 aliphatic carbocycles. The molecule has 1 amide bonds. The number of hydrogen-bond donors (Lipinski definition) is 2. The third-order valence-electron chi connectivity index (χ3n) is 6.43. The highest BCUT2D eigenvalue weighted by atomic mass is 19.1. The van der Waals surface area contributed by atoms with Crippen molar-refractivity contribution in [2.75, 3.05) is 5.32 Å². The van der Waals surface area contributed by atoms with Gasteiger partial charge < -0.3 is 15.6 Å². The van der Waals surface area contributed by atoms with Crippen molar-refractivity contribution < 1.29 is 9.18 Å². The van der Waals surface area contributed by atoms with Gasteiger partial charge in [0.05, 0.1) is 11.3 Å². The Morgan fingerprint density at radius 1 is 1.21 bits per heavy atom. The maximum absolute atomic E-state index is 14.2. The van der Waals surface area contributed by atoms with Gasteiger partial charge in [0.15, 0.2) is 0 Å². The van der Waals surface area contributed by atoms with E-state index in [1.165, 1.54) is 4.57 Å². The Kier molecular flexibility index (Phi) is 4.78. The molecule has 2 aromatic heterocycles. The van der Waals surface area contributed by atoms with Crippen LogP contribution in [-0.2, 0) is 17.3 Å². The fourth-order valence-corrected chi connectivity index (χ4v) is 4.37. The number of aromatic nitrogens is 2. The van der Waals surface area contributed by atoms with Crippen LogP contribution >= 0.6 is 0 Å². The second kappa shape index (κ2) is 7.55. The lowest BCUT2D eigenvalue weighted by Gasteiger charge is -2.16. The van der Waals surface area contributed by atoms with Crippen molar-refractivity contribution in [2.45, 2.75) is 24.9 Å². The number of carbonyl (C=O) groups is 1. The molecule has 1 aliphatic rings. The van der Waals surface area contributed by atoms with Crippen molar-refractivity contribution in [3.63, 3.8) is 0 Å². The van der Waals surface area contributed by atoms with E-state index in [1.54, 1.807) is 25.5 Å². The monoisotopic (exact) mass is 442 g/mol. The lowest BCUT2D eigenvalue weighted by atomic mass is 9.95. The van der Waals surface area contributed by atoms with Gasteiger partial charge in [-0.25, -0.2) is 4.39 Å². The number of nitrogens with one attached hydrogen (secondary N) is 1. The number of para-hydroxylation sites is 1. The number of benzene rings is 2. The topological polar surface area (TPSA) is 90.0 Å². The highest BCUT2D eigenvalue weighted by Crippen LogP contribution is 2.50. The zero-order valence-corrected chi connectivity index (χ0v) is 18.3. The number of primary amides is 1. The number of aryl methyl sites for hydroxylation is 2. The standard InChI is InChI=1S/C26H23FN4O2/c1-15-8-9-31(2)24(32)23(15)17-10-16-12-22(26(25(28)33)13-21(26)27)29-14-19(16)20(11-17)30-18-6-4-3-5-7-18/h3-12,14,21,30H,13H2,1-2H3,(H2,28,33). The molecule has 0 aliphatic heterocycles. The van der Waals surface area contributed by atoms with Gasteiger partial charge in [0.1, 0.15) is 11.6 Å². The van der Waals surface area contributed by atoms with Crippen LogP contribution in [0, 0.1) is 6.92 Å². The first kappa shape index (κ1) is 20.9. The first-order valence-corrected chi connectivity index (χ1v) is 10.7. The molecular formula is C26H23FN4O2. The van der Waals surface area contributed by atoms with Crippen molar-refractivity contribution in [1.29, 1.82) is 0 Å². The smallest absolute Gasteiger partial charge is 0.258 e. The molecule has 3 N–H and O–H groups in total. The van der Waals surface area contributed by atoms with Crippen molar-refractivity contribution in [1.82, 2.24) is 9.55 Å². The second-order valence-corrected chi connectivity index (χ2v) is 8.60. The number of fused-ring (bicyclic) bond motifs is 1. The summed E-state index contributed by atoms with van der Waals surface area (Å²) in [6.45, 7) is 1.89. The van der Waals surface area contributed by atoms with E-state index in [9.17, 15) is 14.0 Å². The van der Waals surface area contributed by atoms with Gasteiger partial charge in [-0.15, -0.1) is 0 Å². The van der Waals surface area contributed by atoms with E-state index in [0.717, 1.165) is 33.3 Å². The molecule has 2 aromatic carbocycles. The van der Waals surface area contributed by atoms with Gasteiger partial charge >= 0.3 is 0 Å². The van der Waals surface area contributed by atoms with E-state index in [1.807, 2.05) is 55.5 Å². The summed E-state index contributed by atoms with van der Waals surface area (Å²) in [5.41, 5.74) is 8.12. The Bertz CT molecular complexity index is 1460. The van der Waals surface area contributed by atoms with Crippen LogP contribution in [0.5, 0.6) is 0 Å². The molecule has 0 bridgehead atoms. The van der Waals surface area contributed by atoms with Crippen LogP contribution in [0.1, 0.15) is 17.7 Å². The van der Waals surface area contributed by atoms with Crippen molar-refractivity contribution in [3.8, 4) is 11.1 Å². The average Bonchev–Trinajstić information content (AvgIpc) is 3.49. The summed E-state index contributed by atoms with van der Waals surface area (Å²) < 4.78 is 15.8. The van der Waals surface area contributed by atoms with Gasteiger partial charge in [-0.3, -0.25) is 14.6 Å². The first-order chi connectivity index (χ1) is 15.8. The predicted octanol–water partition coefficient (Wildman–Crippen LogP) is 4.12. The molecule has 0 radical (unpaired) electrons. The Labute approximate surface area is 189 Å². The Hall–Kier alpha value is -4.00. The fourth-order valence-electron chi connectivity index (χ4n) is 4.37. The van der Waals surface area contributed by atoms with Gasteiger partial charge in [-0.1, -0.05) is 18.2 Å². The number of amides is 1. The van der Waals surface area contributed by atoms with Gasteiger partial charge in [0.25, 0.3) is 5.56 Å². The normalized spacial score (nSPS) is 19.4. The molecule has 1 saturated carbocycles. The van der Waals surface area contributed by atoms with Crippen LogP contribution in [0.25, 0.3) is 21.9 Å². The minimum absolute atomic E-state index is 0.0357. The van der Waals surface area contributed by atoms with Crippen molar-refractivity contribution >= 4 is 28.1 Å². The van der Waals surface area contributed by atoms with Crippen molar-refractivity contribution in [2.24, 2.45) is 12.8 Å². The molecule has 0 spiro atoms. The summed E-state index contributed by atoms with van der Waals surface area (Å²) >= 11 is 0. The minimum atomic E-state index is -1.38. The number of anilines is 2. The molecule has 2 heterocycles. The highest BCUT2D eigenvalue weighted by Gasteiger charge is 2.62. The summed E-state index contributed by atoms with van der Waals surface area (Å²) in [7, 11) is 1.71. The van der Waals surface area contributed by atoms with Crippen LogP contribution < -0.4 is 16.6 Å². The maximum Gasteiger partial charge on any atom is 0.258 e. The summed E-state index contributed by atoms with van der Waals surface area (Å²) in [5.74, 6) is -0.714. The molecule has 5 rings (SSSR count). The van der Waals surface area contributed by atoms with E-state index in [-0.39, 0.29) is 12.0 Å². The number of nitrogens with two attached hydrogens (primary N) is 1. The van der Waals surface area contributed by atoms with E-state index in [4.69, 9.17) is 5.73 Å². The number of hydrogen-bond acceptors (Lipinski definition) is 4. The van der Waals surface area contributed by atoms with Gasteiger partial charge in [0, 0.05) is 42.6 Å². The molecule has 4 aromatic rings. The molecule has 1 fully saturated rings. The van der Waals surface area contributed by atoms with Crippen LogP contribution in [0.4, 0.5) is 15.8 Å². The van der Waals surface area contributed by atoms with E-state index in [0.29, 0.717) is 11.3 Å². The van der Waals surface area contributed by atoms with Gasteiger partial charge in [-0.2, -0.15) is 0 Å². The summed E-state index contributed by atoms with van der Waals surface area (Å²) in [6.07, 6.45) is 2.06. The minimum Gasteiger partial charge on any atom is -0.369 e. The molecule has 0 saturated heterocycles. The lowest BCUT2D eigenvalue weighted by Crippen LogP contribution is -2.31. The van der Waals surface area contributed by atoms with Gasteiger partial charge in [0.2, 0.25) is 5.91 Å². The lowest BCUT2D eigenvalue weighted by molar-refractivity contribution is -0.120. The Morgan fingerprint density at radius 3 is 2.61 bits per heavy atom. The first-order valence-electron chi connectivity index (χ1n) is 10.7. The largest absolute Gasteiger partial charge is 0.369 e. The molecule has 33 heavy (non-hydrogen) atoms. The number of rotatable bonds is 5. The Morgan fingerprint density at radius 2 is 1.94 bits per heavy atom. The molecule has 166 valence electrons. The number of alkyl halides is 1. The third-order valence-corrected chi connectivity index (χ3v) is 6.43. The SMILES string of the molecule is Cc1ccn(C)c(=O)c1-c1cc(Nc2ccccc2)c2cnc(C3(C(N)=O)CC3F)cc2c1. The zero-order chi connectivity index (χ0) is 23.3. The molecular weight excluding hydrogens is 419 g/mol. The Balaban J connectivity index is 1.75. The van der Waals surface area contributed by atoms with E-state index >= 15 is 0 Å². The molecule has 2 atom stereocenters. The summed E-state index contributed by atoms with van der Waals surface area (Å²) in [6, 6.07) is 17.0. The average molecular weight is 442 g/mol. The fraction of sp³-hybridized carbons (Fsp3) is 0.192.